The second kappa shape index (κ2) is 16.3. The van der Waals surface area contributed by atoms with Crippen LogP contribution >= 0.6 is 0 Å². The monoisotopic (exact) mass is 518 g/mol. The molecule has 0 aliphatic rings. The highest BCUT2D eigenvalue weighted by atomic mass is 19.3. The van der Waals surface area contributed by atoms with E-state index in [0.29, 0.717) is 61.2 Å². The number of hydrogen-bond acceptors (Lipinski definition) is 2. The van der Waals surface area contributed by atoms with Gasteiger partial charge in [-0.15, -0.1) is 0 Å². The summed E-state index contributed by atoms with van der Waals surface area (Å²) in [4.78, 5) is 26.1. The van der Waals surface area contributed by atoms with Crippen molar-refractivity contribution in [2.24, 2.45) is 0 Å². The normalized spacial score (nSPS) is 12.6. The lowest BCUT2D eigenvalue weighted by Gasteiger charge is -2.36. The molecule has 35 heavy (non-hydrogen) atoms. The standard InChI is InChI=1S/C25H44F6N2O2/c1-5-9-13-17-32(18-14-10-6-2)21(34)23(26,27)25(30,31)24(28,29)22(35)33(19-15-11-7-3)20-16-12-8-4/h5-20H2,1-4H3. The average Bonchev–Trinajstić information content (AvgIpc) is 2.81. The molecule has 0 heterocycles. The van der Waals surface area contributed by atoms with Crippen molar-refractivity contribution in [1.29, 1.82) is 0 Å². The van der Waals surface area contributed by atoms with Gasteiger partial charge in [0, 0.05) is 26.2 Å². The zero-order valence-corrected chi connectivity index (χ0v) is 21.8. The van der Waals surface area contributed by atoms with Gasteiger partial charge in [-0.1, -0.05) is 79.1 Å². The van der Waals surface area contributed by atoms with Crippen LogP contribution in [0.15, 0.2) is 0 Å². The van der Waals surface area contributed by atoms with E-state index in [9.17, 15) is 35.9 Å². The first-order valence-electron chi connectivity index (χ1n) is 13.1. The van der Waals surface area contributed by atoms with E-state index in [2.05, 4.69) is 0 Å². The molecule has 0 unspecified atom stereocenters. The van der Waals surface area contributed by atoms with E-state index in [1.165, 1.54) is 0 Å². The van der Waals surface area contributed by atoms with E-state index in [1.807, 2.05) is 27.7 Å². The number of halogens is 6. The largest absolute Gasteiger partial charge is 0.393 e. The van der Waals surface area contributed by atoms with Crippen LogP contribution in [0.4, 0.5) is 26.3 Å². The Bertz CT molecular complexity index is 547. The van der Waals surface area contributed by atoms with Gasteiger partial charge in [0.1, 0.15) is 0 Å². The molecule has 0 rings (SSSR count). The van der Waals surface area contributed by atoms with Crippen LogP contribution in [0.2, 0.25) is 0 Å². The molecule has 0 spiro atoms. The van der Waals surface area contributed by atoms with Crippen molar-refractivity contribution in [2.75, 3.05) is 26.2 Å². The van der Waals surface area contributed by atoms with E-state index in [-0.39, 0.29) is 51.9 Å². The number of nitrogens with zero attached hydrogens (tertiary/aromatic N) is 2. The van der Waals surface area contributed by atoms with Crippen LogP contribution in [0.25, 0.3) is 0 Å². The molecule has 0 aliphatic heterocycles. The number of rotatable bonds is 20. The summed E-state index contributed by atoms with van der Waals surface area (Å²) < 4.78 is 88.7. The quantitative estimate of drug-likeness (QED) is 0.125. The van der Waals surface area contributed by atoms with E-state index in [0.717, 1.165) is 0 Å². The Morgan fingerprint density at radius 2 is 0.714 bits per heavy atom. The molecule has 0 aromatic rings. The molecule has 0 fully saturated rings. The van der Waals surface area contributed by atoms with Gasteiger partial charge in [-0.2, -0.15) is 26.3 Å². The molecule has 0 aliphatic carbocycles. The fourth-order valence-electron chi connectivity index (χ4n) is 3.70. The number of hydrogen-bond donors (Lipinski definition) is 0. The number of unbranched alkanes of at least 4 members (excludes halogenated alkanes) is 8. The van der Waals surface area contributed by atoms with Gasteiger partial charge >= 0.3 is 17.8 Å². The van der Waals surface area contributed by atoms with Gasteiger partial charge in [-0.25, -0.2) is 0 Å². The van der Waals surface area contributed by atoms with Crippen LogP contribution in [-0.2, 0) is 9.59 Å². The topological polar surface area (TPSA) is 40.6 Å². The zero-order chi connectivity index (χ0) is 27.1. The molecule has 4 nitrogen and oxygen atoms in total. The molecule has 0 saturated heterocycles. The predicted molar refractivity (Wildman–Crippen MR) is 126 cm³/mol. The summed E-state index contributed by atoms with van der Waals surface area (Å²) in [5.74, 6) is -22.3. The first-order chi connectivity index (χ1) is 16.4. The van der Waals surface area contributed by atoms with Crippen molar-refractivity contribution in [3.05, 3.63) is 0 Å². The Morgan fingerprint density at radius 1 is 0.486 bits per heavy atom. The van der Waals surface area contributed by atoms with Crippen molar-refractivity contribution in [3.63, 3.8) is 0 Å². The highest BCUT2D eigenvalue weighted by molar-refractivity contribution is 5.90. The minimum atomic E-state index is -6.17. The van der Waals surface area contributed by atoms with Crippen LogP contribution in [0.5, 0.6) is 0 Å². The SMILES string of the molecule is CCCCCN(CCCCC)C(=O)C(F)(F)C(F)(F)C(F)(F)C(=O)N(CCCCC)CCCCC. The number of carbonyl (C=O) groups is 2. The second-order valence-electron chi connectivity index (χ2n) is 9.14. The van der Waals surface area contributed by atoms with Crippen LogP contribution in [0, 0.1) is 0 Å². The lowest BCUT2D eigenvalue weighted by Crippen LogP contribution is -2.66. The number of amides is 2. The van der Waals surface area contributed by atoms with Crippen molar-refractivity contribution >= 4 is 11.8 Å². The molecule has 0 aromatic carbocycles. The minimum absolute atomic E-state index is 0.234. The second-order valence-corrected chi connectivity index (χ2v) is 9.14. The smallest absolute Gasteiger partial charge is 0.337 e. The van der Waals surface area contributed by atoms with Crippen LogP contribution in [0.1, 0.15) is 105 Å². The van der Waals surface area contributed by atoms with E-state index in [4.69, 9.17) is 0 Å². The lowest BCUT2D eigenvalue weighted by atomic mass is 10.0. The van der Waals surface area contributed by atoms with Crippen LogP contribution in [-0.4, -0.2) is 65.6 Å². The molecule has 0 saturated carbocycles. The summed E-state index contributed by atoms with van der Waals surface area (Å²) in [5, 5.41) is 0. The van der Waals surface area contributed by atoms with Gasteiger partial charge in [-0.3, -0.25) is 9.59 Å². The van der Waals surface area contributed by atoms with Crippen LogP contribution in [0.3, 0.4) is 0 Å². The maximum atomic E-state index is 14.8. The van der Waals surface area contributed by atoms with Gasteiger partial charge < -0.3 is 9.80 Å². The predicted octanol–water partition coefficient (Wildman–Crippen LogP) is 7.31. The summed E-state index contributed by atoms with van der Waals surface area (Å²) in [6.07, 6.45) is 6.20. The fourth-order valence-corrected chi connectivity index (χ4v) is 3.70. The van der Waals surface area contributed by atoms with Gasteiger partial charge in [0.25, 0.3) is 11.8 Å². The maximum Gasteiger partial charge on any atom is 0.393 e. The third kappa shape index (κ3) is 9.48. The summed E-state index contributed by atoms with van der Waals surface area (Å²) >= 11 is 0. The maximum absolute atomic E-state index is 14.8. The molecular formula is C25H44F6N2O2. The van der Waals surface area contributed by atoms with E-state index in [1.54, 1.807) is 0 Å². The summed E-state index contributed by atoms with van der Waals surface area (Å²) in [6.45, 7) is 6.42. The van der Waals surface area contributed by atoms with Crippen molar-refractivity contribution in [1.82, 2.24) is 9.80 Å². The molecule has 0 radical (unpaired) electrons. The Hall–Kier alpha value is -1.48. The molecule has 0 aromatic heterocycles. The van der Waals surface area contributed by atoms with Crippen molar-refractivity contribution in [3.8, 4) is 0 Å². The third-order valence-corrected chi connectivity index (χ3v) is 6.03. The van der Waals surface area contributed by atoms with Crippen molar-refractivity contribution in [2.45, 2.75) is 123 Å². The minimum Gasteiger partial charge on any atom is -0.337 e. The van der Waals surface area contributed by atoms with Gasteiger partial charge in [0.05, 0.1) is 0 Å². The first-order valence-corrected chi connectivity index (χ1v) is 13.1. The zero-order valence-electron chi connectivity index (χ0n) is 21.8. The van der Waals surface area contributed by atoms with E-state index >= 15 is 0 Å². The van der Waals surface area contributed by atoms with Gasteiger partial charge in [0.2, 0.25) is 0 Å². The Morgan fingerprint density at radius 3 is 0.914 bits per heavy atom. The summed E-state index contributed by atoms with van der Waals surface area (Å²) in [6, 6.07) is 0. The number of alkyl halides is 6. The fraction of sp³-hybridized carbons (Fsp3) is 0.920. The molecule has 2 amide bonds. The molecule has 0 bridgehead atoms. The average molecular weight is 519 g/mol. The lowest BCUT2D eigenvalue weighted by molar-refractivity contribution is -0.293. The summed E-state index contributed by atoms with van der Waals surface area (Å²) in [7, 11) is 0. The molecule has 208 valence electrons. The van der Waals surface area contributed by atoms with E-state index < -0.39 is 29.6 Å². The third-order valence-electron chi connectivity index (χ3n) is 6.03. The first kappa shape index (κ1) is 33.5. The Labute approximate surface area is 206 Å². The summed E-state index contributed by atoms with van der Waals surface area (Å²) in [5.41, 5.74) is 0. The van der Waals surface area contributed by atoms with Gasteiger partial charge in [0.15, 0.2) is 0 Å². The van der Waals surface area contributed by atoms with Crippen molar-refractivity contribution < 1.29 is 35.9 Å². The van der Waals surface area contributed by atoms with Crippen LogP contribution < -0.4 is 0 Å². The molecule has 0 N–H and O–H groups in total. The number of carbonyl (C=O) groups excluding carboxylic acids is 2. The highest BCUT2D eigenvalue weighted by Crippen LogP contribution is 2.47. The highest BCUT2D eigenvalue weighted by Gasteiger charge is 2.78. The Balaban J connectivity index is 5.87. The molecule has 10 heteroatoms. The molecule has 0 atom stereocenters. The van der Waals surface area contributed by atoms with Gasteiger partial charge in [-0.05, 0) is 25.7 Å². The Kier molecular flexibility index (Phi) is 15.6. The molecular weight excluding hydrogens is 474 g/mol.